The first-order valence-electron chi connectivity index (χ1n) is 8.76. The minimum atomic E-state index is -0.745. The summed E-state index contributed by atoms with van der Waals surface area (Å²) >= 11 is 0. The van der Waals surface area contributed by atoms with Crippen LogP contribution in [0.4, 0.5) is 0 Å². The smallest absolute Gasteiger partial charge is 0.333 e. The summed E-state index contributed by atoms with van der Waals surface area (Å²) in [6, 6.07) is 7.30. The normalized spacial score (nSPS) is 23.4. The number of benzene rings is 1. The summed E-state index contributed by atoms with van der Waals surface area (Å²) in [5.74, 6) is -0.579. The number of amides is 2. The molecule has 0 aliphatic carbocycles. The van der Waals surface area contributed by atoms with E-state index in [4.69, 9.17) is 9.47 Å². The van der Waals surface area contributed by atoms with Gasteiger partial charge in [-0.15, -0.1) is 0 Å². The van der Waals surface area contributed by atoms with Crippen molar-refractivity contribution in [2.24, 2.45) is 0 Å². The van der Waals surface area contributed by atoms with Gasteiger partial charge in [0, 0.05) is 0 Å². The van der Waals surface area contributed by atoms with E-state index in [2.05, 4.69) is 11.9 Å². The number of β-lactam (4-membered cyclic amide) rings is 1. The lowest BCUT2D eigenvalue weighted by Crippen LogP contribution is -2.75. The molecular formula is C20H22N2O5. The Bertz CT molecular complexity index is 774. The molecule has 2 unspecified atom stereocenters. The Morgan fingerprint density at radius 3 is 2.78 bits per heavy atom. The van der Waals surface area contributed by atoms with Crippen LogP contribution in [0.15, 0.2) is 54.6 Å². The highest BCUT2D eigenvalue weighted by Gasteiger charge is 2.54. The van der Waals surface area contributed by atoms with Crippen molar-refractivity contribution in [3.05, 3.63) is 54.6 Å². The third kappa shape index (κ3) is 3.86. The number of para-hydroxylation sites is 1. The number of esters is 1. The van der Waals surface area contributed by atoms with Crippen LogP contribution >= 0.6 is 0 Å². The zero-order valence-electron chi connectivity index (χ0n) is 15.1. The first kappa shape index (κ1) is 18.7. The van der Waals surface area contributed by atoms with E-state index in [0.717, 1.165) is 5.57 Å². The molecule has 2 aliphatic heterocycles. The van der Waals surface area contributed by atoms with Gasteiger partial charge in [0.15, 0.2) is 12.6 Å². The van der Waals surface area contributed by atoms with E-state index in [1.807, 2.05) is 24.3 Å². The summed E-state index contributed by atoms with van der Waals surface area (Å²) in [4.78, 5) is 38.5. The largest absolute Gasteiger partial charge is 0.484 e. The number of hydrogen-bond donors (Lipinski definition) is 1. The second-order valence-corrected chi connectivity index (χ2v) is 6.46. The molecular weight excluding hydrogens is 348 g/mol. The van der Waals surface area contributed by atoms with E-state index in [1.165, 1.54) is 11.0 Å². The van der Waals surface area contributed by atoms with Gasteiger partial charge < -0.3 is 19.7 Å². The van der Waals surface area contributed by atoms with Crippen molar-refractivity contribution in [3.63, 3.8) is 0 Å². The molecule has 0 radical (unpaired) electrons. The molecule has 3 atom stereocenters. The second-order valence-electron chi connectivity index (χ2n) is 6.46. The zero-order chi connectivity index (χ0) is 19.4. The number of nitrogens with one attached hydrogen (secondary N) is 1. The Balaban J connectivity index is 1.58. The number of nitrogens with zero attached hydrogens (tertiary/aromatic N) is 1. The van der Waals surface area contributed by atoms with Crippen molar-refractivity contribution in [1.82, 2.24) is 10.2 Å². The van der Waals surface area contributed by atoms with Gasteiger partial charge in [-0.2, -0.15) is 0 Å². The molecule has 1 fully saturated rings. The van der Waals surface area contributed by atoms with E-state index in [0.29, 0.717) is 12.2 Å². The summed E-state index contributed by atoms with van der Waals surface area (Å²) in [5.41, 5.74) is 0.769. The van der Waals surface area contributed by atoms with Crippen molar-refractivity contribution in [1.29, 1.82) is 0 Å². The van der Waals surface area contributed by atoms with E-state index < -0.39 is 18.1 Å². The van der Waals surface area contributed by atoms with Crippen molar-refractivity contribution >= 4 is 17.8 Å². The highest BCUT2D eigenvalue weighted by molar-refractivity contribution is 5.98. The van der Waals surface area contributed by atoms with Gasteiger partial charge >= 0.3 is 5.97 Å². The maximum atomic E-state index is 12.6. The molecule has 0 saturated carbocycles. The third-order valence-electron chi connectivity index (χ3n) is 4.65. The summed E-state index contributed by atoms with van der Waals surface area (Å²) in [6.45, 7) is 5.22. The molecule has 1 N–H and O–H groups in total. The van der Waals surface area contributed by atoms with E-state index in [-0.39, 0.29) is 31.1 Å². The maximum absolute atomic E-state index is 12.6. The Labute approximate surface area is 157 Å². The highest BCUT2D eigenvalue weighted by Crippen LogP contribution is 2.34. The highest BCUT2D eigenvalue weighted by atomic mass is 16.5. The number of carbonyl (C=O) groups is 3. The predicted octanol–water partition coefficient (Wildman–Crippen LogP) is 1.21. The number of rotatable bonds is 7. The molecule has 2 amide bonds. The van der Waals surface area contributed by atoms with Crippen LogP contribution in [0.25, 0.3) is 0 Å². The Morgan fingerprint density at radius 1 is 1.33 bits per heavy atom. The average Bonchev–Trinajstić information content (AvgIpc) is 2.69. The summed E-state index contributed by atoms with van der Waals surface area (Å²) in [6.07, 6.45) is 3.96. The predicted molar refractivity (Wildman–Crippen MR) is 97.8 cm³/mol. The van der Waals surface area contributed by atoms with Crippen LogP contribution in [0.1, 0.15) is 13.3 Å². The van der Waals surface area contributed by atoms with Gasteiger partial charge in [0.25, 0.3) is 5.91 Å². The molecule has 142 valence electrons. The van der Waals surface area contributed by atoms with Crippen molar-refractivity contribution in [3.8, 4) is 5.75 Å². The second kappa shape index (κ2) is 8.07. The Morgan fingerprint density at radius 2 is 2.07 bits per heavy atom. The average molecular weight is 370 g/mol. The molecule has 3 rings (SSSR count). The Kier molecular flexibility index (Phi) is 5.59. The zero-order valence-corrected chi connectivity index (χ0v) is 15.1. The molecule has 7 heteroatoms. The molecule has 0 aromatic heterocycles. The fraction of sp³-hybridized carbons (Fsp3) is 0.350. The van der Waals surface area contributed by atoms with Crippen molar-refractivity contribution < 1.29 is 23.9 Å². The van der Waals surface area contributed by atoms with E-state index in [1.54, 1.807) is 19.1 Å². The molecule has 2 heterocycles. The molecule has 27 heavy (non-hydrogen) atoms. The fourth-order valence-corrected chi connectivity index (χ4v) is 3.33. The third-order valence-corrected chi connectivity index (χ3v) is 4.65. The van der Waals surface area contributed by atoms with Gasteiger partial charge in [0.2, 0.25) is 5.91 Å². The first-order valence-corrected chi connectivity index (χ1v) is 8.76. The fourth-order valence-electron chi connectivity index (χ4n) is 3.33. The van der Waals surface area contributed by atoms with Crippen LogP contribution in [0.3, 0.4) is 0 Å². The minimum absolute atomic E-state index is 0.0896. The number of carbonyl (C=O) groups excluding carboxylic acids is 3. The lowest BCUT2D eigenvalue weighted by Gasteiger charge is -2.52. The monoisotopic (exact) mass is 370 g/mol. The SMILES string of the molecule is C=CCOC(=O)C1C(C)=CCC2[C@H](NC(=O)COc3ccccc3)C(=O)N12. The van der Waals surface area contributed by atoms with Gasteiger partial charge in [-0.25, -0.2) is 4.79 Å². The number of ether oxygens (including phenoxy) is 2. The molecule has 1 aromatic rings. The lowest BCUT2D eigenvalue weighted by molar-refractivity contribution is -0.167. The maximum Gasteiger partial charge on any atom is 0.333 e. The van der Waals surface area contributed by atoms with Crippen LogP contribution in [0.5, 0.6) is 5.75 Å². The number of fused-ring (bicyclic) bond motifs is 1. The van der Waals surface area contributed by atoms with Gasteiger partial charge in [-0.1, -0.05) is 36.9 Å². The molecule has 1 aromatic carbocycles. The quantitative estimate of drug-likeness (QED) is 0.443. The van der Waals surface area contributed by atoms with E-state index >= 15 is 0 Å². The van der Waals surface area contributed by atoms with Crippen molar-refractivity contribution in [2.45, 2.75) is 31.5 Å². The molecule has 0 bridgehead atoms. The van der Waals surface area contributed by atoms with Gasteiger partial charge in [0.1, 0.15) is 18.4 Å². The number of hydrogen-bond acceptors (Lipinski definition) is 5. The summed E-state index contributed by atoms with van der Waals surface area (Å²) in [5, 5.41) is 2.70. The van der Waals surface area contributed by atoms with Crippen LogP contribution < -0.4 is 10.1 Å². The first-order chi connectivity index (χ1) is 13.0. The summed E-state index contributed by atoms with van der Waals surface area (Å²) < 4.78 is 10.5. The van der Waals surface area contributed by atoms with Crippen LogP contribution in [0.2, 0.25) is 0 Å². The van der Waals surface area contributed by atoms with Gasteiger partial charge in [-0.05, 0) is 31.1 Å². The van der Waals surface area contributed by atoms with E-state index in [9.17, 15) is 14.4 Å². The van der Waals surface area contributed by atoms with Crippen LogP contribution in [-0.4, -0.2) is 54.0 Å². The lowest BCUT2D eigenvalue weighted by atomic mass is 9.83. The standard InChI is InChI=1S/C20H22N2O5/c1-3-11-26-20(25)18-13(2)9-10-15-17(19(24)22(15)18)21-16(23)12-27-14-7-5-4-6-8-14/h3-9,15,17-18H,1,10-12H2,2H3,(H,21,23)/t15?,17-,18?/m0/s1. The van der Waals surface area contributed by atoms with Crippen LogP contribution in [0, 0.1) is 0 Å². The minimum Gasteiger partial charge on any atom is -0.484 e. The molecule has 1 saturated heterocycles. The Hall–Kier alpha value is -3.09. The van der Waals surface area contributed by atoms with Crippen LogP contribution in [-0.2, 0) is 19.1 Å². The van der Waals surface area contributed by atoms with Crippen molar-refractivity contribution in [2.75, 3.05) is 13.2 Å². The molecule has 7 nitrogen and oxygen atoms in total. The summed E-state index contributed by atoms with van der Waals surface area (Å²) in [7, 11) is 0. The molecule has 2 aliphatic rings. The molecule has 0 spiro atoms. The topological polar surface area (TPSA) is 84.9 Å². The van der Waals surface area contributed by atoms with Gasteiger partial charge in [-0.3, -0.25) is 9.59 Å². The van der Waals surface area contributed by atoms with Gasteiger partial charge in [0.05, 0.1) is 6.04 Å².